The van der Waals surface area contributed by atoms with Gasteiger partial charge in [0.15, 0.2) is 0 Å². The molecule has 0 bridgehead atoms. The molecule has 0 aliphatic carbocycles. The maximum Gasteiger partial charge on any atom is 0.246 e. The minimum Gasteiger partial charge on any atom is -0.391 e. The van der Waals surface area contributed by atoms with E-state index in [2.05, 4.69) is 29.0 Å². The Labute approximate surface area is 199 Å². The molecule has 1 aromatic heterocycles. The third-order valence-electron chi connectivity index (χ3n) is 5.87. The summed E-state index contributed by atoms with van der Waals surface area (Å²) in [5.41, 5.74) is 2.78. The standard InChI is InChI=1S/C25H33N3O4S/c1-15-10-11-33-21(15)18-8-6-17(7-9-18)13-26-23(31)20-12-19(30)14-28(20)24(32)22(25(3,4)5)27-16(2)29/h6-11,19-20,22,30H,12-14H2,1-5H3,(H,26,31)(H,27,29)/t19-,20+,22-/m1/s1. The van der Waals surface area contributed by atoms with E-state index in [1.807, 2.05) is 45.0 Å². The molecule has 0 spiro atoms. The molecule has 1 aliphatic rings. The number of aliphatic hydroxyl groups excluding tert-OH is 1. The van der Waals surface area contributed by atoms with Crippen LogP contribution in [0.5, 0.6) is 0 Å². The number of amides is 3. The van der Waals surface area contributed by atoms with E-state index in [9.17, 15) is 19.5 Å². The molecule has 2 heterocycles. The van der Waals surface area contributed by atoms with Crippen molar-refractivity contribution in [1.82, 2.24) is 15.5 Å². The molecular weight excluding hydrogens is 438 g/mol. The lowest BCUT2D eigenvalue weighted by molar-refractivity contribution is -0.143. The SMILES string of the molecule is CC(=O)N[C@H](C(=O)N1C[C@H](O)C[C@H]1C(=O)NCc1ccc(-c2sccc2C)cc1)C(C)(C)C. The first-order valence-corrected chi connectivity index (χ1v) is 12.0. The van der Waals surface area contributed by atoms with Gasteiger partial charge in [-0.05, 0) is 40.5 Å². The van der Waals surface area contributed by atoms with Gasteiger partial charge in [-0.1, -0.05) is 45.0 Å². The maximum atomic E-state index is 13.3. The number of likely N-dealkylation sites (tertiary alicyclic amines) is 1. The molecule has 33 heavy (non-hydrogen) atoms. The number of β-amino-alcohol motifs (C(OH)–C–C–N with tert-alkyl or cyclic N) is 1. The van der Waals surface area contributed by atoms with Crippen LogP contribution in [0.15, 0.2) is 35.7 Å². The van der Waals surface area contributed by atoms with Crippen molar-refractivity contribution in [3.8, 4) is 10.4 Å². The molecule has 1 fully saturated rings. The molecule has 178 valence electrons. The summed E-state index contributed by atoms with van der Waals surface area (Å²) in [6.45, 7) is 9.40. The highest BCUT2D eigenvalue weighted by molar-refractivity contribution is 7.13. The highest BCUT2D eigenvalue weighted by atomic mass is 32.1. The molecule has 3 amide bonds. The molecule has 2 aromatic rings. The number of nitrogens with zero attached hydrogens (tertiary/aromatic N) is 1. The van der Waals surface area contributed by atoms with Crippen LogP contribution in [-0.2, 0) is 20.9 Å². The van der Waals surface area contributed by atoms with Crippen molar-refractivity contribution in [2.75, 3.05) is 6.54 Å². The third-order valence-corrected chi connectivity index (χ3v) is 6.94. The van der Waals surface area contributed by atoms with E-state index in [1.54, 1.807) is 11.3 Å². The smallest absolute Gasteiger partial charge is 0.246 e. The highest BCUT2D eigenvalue weighted by Gasteiger charge is 2.44. The first-order valence-electron chi connectivity index (χ1n) is 11.1. The van der Waals surface area contributed by atoms with Crippen molar-refractivity contribution in [3.63, 3.8) is 0 Å². The summed E-state index contributed by atoms with van der Waals surface area (Å²) in [5.74, 6) is -0.983. The zero-order valence-electron chi connectivity index (χ0n) is 19.8. The average Bonchev–Trinajstić information content (AvgIpc) is 3.35. The predicted molar refractivity (Wildman–Crippen MR) is 130 cm³/mol. The van der Waals surface area contributed by atoms with Gasteiger partial charge in [0, 0.05) is 31.3 Å². The molecule has 8 heteroatoms. The number of benzene rings is 1. The van der Waals surface area contributed by atoms with Crippen molar-refractivity contribution >= 4 is 29.1 Å². The second-order valence-electron chi connectivity index (χ2n) is 9.74. The molecule has 3 N–H and O–H groups in total. The van der Waals surface area contributed by atoms with Gasteiger partial charge < -0.3 is 20.6 Å². The maximum absolute atomic E-state index is 13.3. The minimum absolute atomic E-state index is 0.0674. The van der Waals surface area contributed by atoms with Gasteiger partial charge in [0.1, 0.15) is 12.1 Å². The van der Waals surface area contributed by atoms with Crippen LogP contribution in [-0.4, -0.2) is 52.5 Å². The number of hydrogen-bond donors (Lipinski definition) is 3. The van der Waals surface area contributed by atoms with Crippen LogP contribution in [0.1, 0.15) is 45.2 Å². The van der Waals surface area contributed by atoms with Gasteiger partial charge >= 0.3 is 0 Å². The van der Waals surface area contributed by atoms with Gasteiger partial charge in [-0.25, -0.2) is 0 Å². The second kappa shape index (κ2) is 10.1. The van der Waals surface area contributed by atoms with Crippen molar-refractivity contribution in [2.45, 2.75) is 65.8 Å². The summed E-state index contributed by atoms with van der Waals surface area (Å²) in [5, 5.41) is 17.9. The number of aliphatic hydroxyl groups is 1. The highest BCUT2D eigenvalue weighted by Crippen LogP contribution is 2.29. The van der Waals surface area contributed by atoms with Crippen LogP contribution >= 0.6 is 11.3 Å². The van der Waals surface area contributed by atoms with E-state index in [1.165, 1.54) is 22.3 Å². The van der Waals surface area contributed by atoms with Crippen molar-refractivity contribution in [3.05, 3.63) is 46.8 Å². The van der Waals surface area contributed by atoms with E-state index < -0.39 is 23.6 Å². The molecule has 7 nitrogen and oxygen atoms in total. The average molecular weight is 472 g/mol. The number of carbonyl (C=O) groups excluding carboxylic acids is 3. The number of thiophene rings is 1. The van der Waals surface area contributed by atoms with E-state index in [4.69, 9.17) is 0 Å². The number of carbonyl (C=O) groups is 3. The van der Waals surface area contributed by atoms with Gasteiger partial charge in [-0.3, -0.25) is 14.4 Å². The van der Waals surface area contributed by atoms with Crippen molar-refractivity contribution in [1.29, 1.82) is 0 Å². The summed E-state index contributed by atoms with van der Waals surface area (Å²) in [6.07, 6.45) is -0.610. The summed E-state index contributed by atoms with van der Waals surface area (Å²) >= 11 is 1.70. The van der Waals surface area contributed by atoms with Gasteiger partial charge in [0.25, 0.3) is 0 Å². The zero-order valence-corrected chi connectivity index (χ0v) is 20.7. The molecule has 3 rings (SSSR count). The Kier molecular flexibility index (Phi) is 7.59. The van der Waals surface area contributed by atoms with Crippen LogP contribution < -0.4 is 10.6 Å². The Bertz CT molecular complexity index is 1010. The lowest BCUT2D eigenvalue weighted by Gasteiger charge is -2.35. The molecule has 0 unspecified atom stereocenters. The summed E-state index contributed by atoms with van der Waals surface area (Å²) in [4.78, 5) is 40.5. The van der Waals surface area contributed by atoms with Crippen LogP contribution in [0.4, 0.5) is 0 Å². The lowest BCUT2D eigenvalue weighted by atomic mass is 9.85. The van der Waals surface area contributed by atoms with E-state index in [0.717, 1.165) is 11.1 Å². The minimum atomic E-state index is -0.788. The lowest BCUT2D eigenvalue weighted by Crippen LogP contribution is -2.57. The van der Waals surface area contributed by atoms with Crippen LogP contribution in [0.3, 0.4) is 0 Å². The molecule has 3 atom stereocenters. The second-order valence-corrected chi connectivity index (χ2v) is 10.7. The molecule has 1 aliphatic heterocycles. The molecule has 1 aromatic carbocycles. The van der Waals surface area contributed by atoms with Crippen LogP contribution in [0.25, 0.3) is 10.4 Å². The number of hydrogen-bond acceptors (Lipinski definition) is 5. The van der Waals surface area contributed by atoms with Gasteiger partial charge in [-0.2, -0.15) is 0 Å². The number of nitrogens with one attached hydrogen (secondary N) is 2. The zero-order chi connectivity index (χ0) is 24.3. The van der Waals surface area contributed by atoms with E-state index in [0.29, 0.717) is 6.54 Å². The van der Waals surface area contributed by atoms with Crippen LogP contribution in [0.2, 0.25) is 0 Å². The third kappa shape index (κ3) is 6.00. The molecular formula is C25H33N3O4S. The Morgan fingerprint density at radius 1 is 1.18 bits per heavy atom. The largest absolute Gasteiger partial charge is 0.391 e. The van der Waals surface area contributed by atoms with Gasteiger partial charge in [0.2, 0.25) is 17.7 Å². The Morgan fingerprint density at radius 3 is 2.39 bits per heavy atom. The van der Waals surface area contributed by atoms with Gasteiger partial charge in [-0.15, -0.1) is 11.3 Å². The topological polar surface area (TPSA) is 98.7 Å². The fourth-order valence-corrected chi connectivity index (χ4v) is 5.01. The van der Waals surface area contributed by atoms with Crippen molar-refractivity contribution < 1.29 is 19.5 Å². The van der Waals surface area contributed by atoms with Gasteiger partial charge in [0.05, 0.1) is 6.10 Å². The first-order chi connectivity index (χ1) is 15.5. The Morgan fingerprint density at radius 2 is 1.85 bits per heavy atom. The number of rotatable bonds is 6. The summed E-state index contributed by atoms with van der Waals surface area (Å²) in [7, 11) is 0. The fourth-order valence-electron chi connectivity index (χ4n) is 4.07. The molecule has 0 radical (unpaired) electrons. The van der Waals surface area contributed by atoms with Crippen LogP contribution in [0, 0.1) is 12.3 Å². The monoisotopic (exact) mass is 471 g/mol. The quantitative estimate of drug-likeness (QED) is 0.603. The van der Waals surface area contributed by atoms with Crippen molar-refractivity contribution in [2.24, 2.45) is 5.41 Å². The summed E-state index contributed by atoms with van der Waals surface area (Å²) < 4.78 is 0. The van der Waals surface area contributed by atoms with E-state index in [-0.39, 0.29) is 30.7 Å². The first kappa shape index (κ1) is 24.9. The molecule has 1 saturated heterocycles. The Balaban J connectivity index is 1.67. The summed E-state index contributed by atoms with van der Waals surface area (Å²) in [6, 6.07) is 8.56. The number of aryl methyl sites for hydroxylation is 1. The Hall–Kier alpha value is -2.71. The normalized spacial score (nSPS) is 19.3. The molecule has 0 saturated carbocycles. The fraction of sp³-hybridized carbons (Fsp3) is 0.480. The predicted octanol–water partition coefficient (Wildman–Crippen LogP) is 2.85. The van der Waals surface area contributed by atoms with E-state index >= 15 is 0 Å².